The first-order valence-electron chi connectivity index (χ1n) is 6.69. The van der Waals surface area contributed by atoms with Gasteiger partial charge < -0.3 is 14.8 Å². The summed E-state index contributed by atoms with van der Waals surface area (Å²) >= 11 is 7.06. The van der Waals surface area contributed by atoms with E-state index < -0.39 is 0 Å². The molecule has 0 amide bonds. The van der Waals surface area contributed by atoms with Crippen molar-refractivity contribution in [1.82, 2.24) is 0 Å². The number of ether oxygens (including phenoxy) is 2. The van der Waals surface area contributed by atoms with E-state index in [4.69, 9.17) is 9.47 Å². The van der Waals surface area contributed by atoms with Crippen LogP contribution in [-0.2, 0) is 13.0 Å². The zero-order valence-electron chi connectivity index (χ0n) is 11.6. The van der Waals surface area contributed by atoms with Gasteiger partial charge in [-0.15, -0.1) is 0 Å². The van der Waals surface area contributed by atoms with Crippen LogP contribution in [0.3, 0.4) is 0 Å². The lowest BCUT2D eigenvalue weighted by atomic mass is 10.1. The predicted molar refractivity (Wildman–Crippen MR) is 91.4 cm³/mol. The number of benzene rings is 2. The molecule has 21 heavy (non-hydrogen) atoms. The third-order valence-corrected chi connectivity index (χ3v) is 4.54. The standard InChI is InChI=1S/C16H15Br2NO2/c1-20-15-3-2-13(8-14(15)18)19-9-11-7-12(17)6-10-4-5-21-16(10)11/h2-3,6-8,19H,4-5,9H2,1H3. The van der Waals surface area contributed by atoms with E-state index in [0.29, 0.717) is 0 Å². The molecule has 0 fully saturated rings. The fourth-order valence-electron chi connectivity index (χ4n) is 2.45. The summed E-state index contributed by atoms with van der Waals surface area (Å²) in [6.07, 6.45) is 0.982. The highest BCUT2D eigenvalue weighted by Gasteiger charge is 2.17. The first kappa shape index (κ1) is 14.7. The molecule has 0 bridgehead atoms. The molecule has 0 aromatic heterocycles. The lowest BCUT2D eigenvalue weighted by Crippen LogP contribution is -2.02. The van der Waals surface area contributed by atoms with Crippen LogP contribution in [0.4, 0.5) is 5.69 Å². The second-order valence-corrected chi connectivity index (χ2v) is 6.62. The molecule has 0 saturated heterocycles. The summed E-state index contributed by atoms with van der Waals surface area (Å²) in [5, 5.41) is 3.42. The van der Waals surface area contributed by atoms with Crippen molar-refractivity contribution in [2.75, 3.05) is 19.0 Å². The molecule has 0 radical (unpaired) electrons. The van der Waals surface area contributed by atoms with Gasteiger partial charge in [-0.05, 0) is 51.8 Å². The van der Waals surface area contributed by atoms with Crippen molar-refractivity contribution in [1.29, 1.82) is 0 Å². The Kier molecular flexibility index (Phi) is 4.40. The summed E-state index contributed by atoms with van der Waals surface area (Å²) in [6.45, 7) is 1.49. The number of hydrogen-bond acceptors (Lipinski definition) is 3. The van der Waals surface area contributed by atoms with Gasteiger partial charge in [-0.3, -0.25) is 0 Å². The third kappa shape index (κ3) is 3.19. The molecule has 3 rings (SSSR count). The van der Waals surface area contributed by atoms with E-state index in [-0.39, 0.29) is 0 Å². The number of nitrogens with one attached hydrogen (secondary N) is 1. The molecule has 0 unspecified atom stereocenters. The van der Waals surface area contributed by atoms with Crippen molar-refractivity contribution in [3.63, 3.8) is 0 Å². The Hall–Kier alpha value is -1.20. The normalized spacial score (nSPS) is 12.7. The molecule has 1 aliphatic rings. The Labute approximate surface area is 140 Å². The molecule has 0 spiro atoms. The quantitative estimate of drug-likeness (QED) is 0.784. The summed E-state index contributed by atoms with van der Waals surface area (Å²) in [7, 11) is 1.66. The maximum absolute atomic E-state index is 5.74. The summed E-state index contributed by atoms with van der Waals surface area (Å²) in [5.41, 5.74) is 3.48. The van der Waals surface area contributed by atoms with E-state index in [9.17, 15) is 0 Å². The molecule has 3 nitrogen and oxygen atoms in total. The third-order valence-electron chi connectivity index (χ3n) is 3.46. The average Bonchev–Trinajstić information content (AvgIpc) is 2.93. The van der Waals surface area contributed by atoms with Gasteiger partial charge in [-0.1, -0.05) is 15.9 Å². The van der Waals surface area contributed by atoms with Crippen LogP contribution in [-0.4, -0.2) is 13.7 Å². The van der Waals surface area contributed by atoms with Crippen LogP contribution in [0.5, 0.6) is 11.5 Å². The highest BCUT2D eigenvalue weighted by Crippen LogP contribution is 2.34. The van der Waals surface area contributed by atoms with Crippen molar-refractivity contribution in [2.24, 2.45) is 0 Å². The van der Waals surface area contributed by atoms with Gasteiger partial charge in [0.1, 0.15) is 11.5 Å². The van der Waals surface area contributed by atoms with E-state index in [0.717, 1.165) is 45.7 Å². The van der Waals surface area contributed by atoms with E-state index in [1.165, 1.54) is 11.1 Å². The fourth-order valence-corrected chi connectivity index (χ4v) is 3.54. The van der Waals surface area contributed by atoms with Crippen LogP contribution in [0.25, 0.3) is 0 Å². The van der Waals surface area contributed by atoms with Crippen molar-refractivity contribution < 1.29 is 9.47 Å². The molecule has 110 valence electrons. The largest absolute Gasteiger partial charge is 0.496 e. The van der Waals surface area contributed by atoms with Crippen LogP contribution in [0, 0.1) is 0 Å². The van der Waals surface area contributed by atoms with E-state index in [2.05, 4.69) is 49.3 Å². The molecule has 1 N–H and O–H groups in total. The van der Waals surface area contributed by atoms with Gasteiger partial charge >= 0.3 is 0 Å². The van der Waals surface area contributed by atoms with Gasteiger partial charge in [0.2, 0.25) is 0 Å². The fraction of sp³-hybridized carbons (Fsp3) is 0.250. The van der Waals surface area contributed by atoms with Crippen LogP contribution >= 0.6 is 31.9 Å². The smallest absolute Gasteiger partial charge is 0.133 e. The summed E-state index contributed by atoms with van der Waals surface area (Å²) in [6, 6.07) is 10.2. The van der Waals surface area contributed by atoms with E-state index >= 15 is 0 Å². The first-order valence-corrected chi connectivity index (χ1v) is 8.27. The van der Waals surface area contributed by atoms with Crippen molar-refractivity contribution in [2.45, 2.75) is 13.0 Å². The molecule has 2 aromatic carbocycles. The molecule has 1 aliphatic heterocycles. The minimum absolute atomic E-state index is 0.723. The summed E-state index contributed by atoms with van der Waals surface area (Å²) in [4.78, 5) is 0. The maximum Gasteiger partial charge on any atom is 0.133 e. The minimum atomic E-state index is 0.723. The molecule has 0 aliphatic carbocycles. The van der Waals surface area contributed by atoms with Gasteiger partial charge in [-0.25, -0.2) is 0 Å². The molecular weight excluding hydrogens is 398 g/mol. The number of methoxy groups -OCH3 is 1. The first-order chi connectivity index (χ1) is 10.2. The molecule has 2 aromatic rings. The van der Waals surface area contributed by atoms with Crippen LogP contribution in [0.15, 0.2) is 39.3 Å². The number of hydrogen-bond donors (Lipinski definition) is 1. The molecule has 1 heterocycles. The Morgan fingerprint density at radius 1 is 1.24 bits per heavy atom. The van der Waals surface area contributed by atoms with Gasteiger partial charge in [0.25, 0.3) is 0 Å². The molecule has 5 heteroatoms. The Balaban J connectivity index is 1.78. The Bertz CT molecular complexity index is 674. The second-order valence-electron chi connectivity index (χ2n) is 4.85. The van der Waals surface area contributed by atoms with Gasteiger partial charge in [0.05, 0.1) is 18.2 Å². The summed E-state index contributed by atoms with van der Waals surface area (Å²) in [5.74, 6) is 1.85. The van der Waals surface area contributed by atoms with Gasteiger partial charge in [0.15, 0.2) is 0 Å². The van der Waals surface area contributed by atoms with Crippen LogP contribution in [0.2, 0.25) is 0 Å². The van der Waals surface area contributed by atoms with Gasteiger partial charge in [-0.2, -0.15) is 0 Å². The number of fused-ring (bicyclic) bond motifs is 1. The van der Waals surface area contributed by atoms with Crippen LogP contribution < -0.4 is 14.8 Å². The van der Waals surface area contributed by atoms with E-state index in [1.807, 2.05) is 18.2 Å². The SMILES string of the molecule is COc1ccc(NCc2cc(Br)cc3c2OCC3)cc1Br. The average molecular weight is 413 g/mol. The molecule has 0 saturated carbocycles. The van der Waals surface area contributed by atoms with Crippen molar-refractivity contribution in [3.05, 3.63) is 50.4 Å². The number of rotatable bonds is 4. The lowest BCUT2D eigenvalue weighted by molar-refractivity contribution is 0.354. The van der Waals surface area contributed by atoms with Gasteiger partial charge in [0, 0.05) is 28.7 Å². The monoisotopic (exact) mass is 411 g/mol. The zero-order chi connectivity index (χ0) is 14.8. The molecular formula is C16H15Br2NO2. The number of halogens is 2. The highest BCUT2D eigenvalue weighted by molar-refractivity contribution is 9.10. The minimum Gasteiger partial charge on any atom is -0.496 e. The predicted octanol–water partition coefficient (Wildman–Crippen LogP) is 4.77. The highest BCUT2D eigenvalue weighted by atomic mass is 79.9. The molecule has 0 atom stereocenters. The zero-order valence-corrected chi connectivity index (χ0v) is 14.8. The number of anilines is 1. The van der Waals surface area contributed by atoms with E-state index in [1.54, 1.807) is 7.11 Å². The lowest BCUT2D eigenvalue weighted by Gasteiger charge is -2.12. The Morgan fingerprint density at radius 3 is 2.86 bits per heavy atom. The van der Waals surface area contributed by atoms with Crippen LogP contribution in [0.1, 0.15) is 11.1 Å². The van der Waals surface area contributed by atoms with Crippen molar-refractivity contribution in [3.8, 4) is 11.5 Å². The topological polar surface area (TPSA) is 30.5 Å². The maximum atomic E-state index is 5.74. The Morgan fingerprint density at radius 2 is 2.10 bits per heavy atom. The van der Waals surface area contributed by atoms with Crippen molar-refractivity contribution >= 4 is 37.5 Å². The second kappa shape index (κ2) is 6.28. The summed E-state index contributed by atoms with van der Waals surface area (Å²) < 4.78 is 13.0.